The van der Waals surface area contributed by atoms with Crippen molar-refractivity contribution in [2.75, 3.05) is 6.26 Å². The van der Waals surface area contributed by atoms with Crippen molar-refractivity contribution in [1.82, 2.24) is 5.32 Å². The molecule has 2 saturated carbocycles. The van der Waals surface area contributed by atoms with E-state index in [1.165, 1.54) is 51.4 Å². The summed E-state index contributed by atoms with van der Waals surface area (Å²) >= 11 is 2.08. The first-order valence-corrected chi connectivity index (χ1v) is 8.39. The monoisotopic (exact) mass is 241 g/mol. The van der Waals surface area contributed by atoms with Gasteiger partial charge in [0.25, 0.3) is 0 Å². The Hall–Kier alpha value is 0.310. The summed E-state index contributed by atoms with van der Waals surface area (Å²) in [6, 6.07) is 1.54. The minimum absolute atomic E-state index is 0.750. The molecule has 0 heterocycles. The molecule has 3 atom stereocenters. The van der Waals surface area contributed by atoms with Crippen LogP contribution in [0, 0.1) is 5.92 Å². The van der Waals surface area contributed by atoms with Crippen LogP contribution in [-0.4, -0.2) is 23.6 Å². The normalized spacial score (nSPS) is 34.1. The van der Waals surface area contributed by atoms with Crippen molar-refractivity contribution in [3.8, 4) is 0 Å². The van der Waals surface area contributed by atoms with Crippen LogP contribution in [0.4, 0.5) is 0 Å². The average molecular weight is 241 g/mol. The van der Waals surface area contributed by atoms with E-state index in [-0.39, 0.29) is 0 Å². The first-order valence-electron chi connectivity index (χ1n) is 7.10. The fourth-order valence-corrected chi connectivity index (χ4v) is 4.45. The lowest BCUT2D eigenvalue weighted by Gasteiger charge is -2.35. The van der Waals surface area contributed by atoms with Gasteiger partial charge < -0.3 is 5.32 Å². The van der Waals surface area contributed by atoms with Crippen molar-refractivity contribution in [1.29, 1.82) is 0 Å². The van der Waals surface area contributed by atoms with Crippen LogP contribution < -0.4 is 5.32 Å². The number of nitrogens with one attached hydrogen (secondary N) is 1. The Kier molecular flexibility index (Phi) is 5.02. The second-order valence-corrected chi connectivity index (χ2v) is 6.74. The maximum Gasteiger partial charge on any atom is 0.0198 e. The molecule has 0 amide bonds. The summed E-state index contributed by atoms with van der Waals surface area (Å²) < 4.78 is 0. The third kappa shape index (κ3) is 3.16. The fraction of sp³-hybridized carbons (Fsp3) is 1.00. The average Bonchev–Trinajstić information content (AvgIpc) is 2.83. The van der Waals surface area contributed by atoms with Gasteiger partial charge in [0.15, 0.2) is 0 Å². The minimum Gasteiger partial charge on any atom is -0.310 e. The van der Waals surface area contributed by atoms with Gasteiger partial charge in [0.2, 0.25) is 0 Å². The predicted octanol–water partition coefficient (Wildman–Crippen LogP) is 3.83. The standard InChI is InChI=1S/C14H27NS/c1-11(12-7-3-4-8-12)15-13-9-5-6-10-14(13)16-2/h11-15H,3-10H2,1-2H3. The van der Waals surface area contributed by atoms with E-state index in [1.807, 2.05) is 0 Å². The largest absolute Gasteiger partial charge is 0.310 e. The van der Waals surface area contributed by atoms with Crippen LogP contribution in [0.1, 0.15) is 58.3 Å². The summed E-state index contributed by atoms with van der Waals surface area (Å²) in [5.74, 6) is 0.962. The Bertz CT molecular complexity index is 201. The van der Waals surface area contributed by atoms with E-state index in [0.717, 1.165) is 23.3 Å². The Morgan fingerprint density at radius 1 is 1.00 bits per heavy atom. The van der Waals surface area contributed by atoms with Gasteiger partial charge in [0, 0.05) is 17.3 Å². The van der Waals surface area contributed by atoms with E-state index in [9.17, 15) is 0 Å². The number of rotatable bonds is 4. The van der Waals surface area contributed by atoms with E-state index in [4.69, 9.17) is 0 Å². The van der Waals surface area contributed by atoms with Gasteiger partial charge in [-0.3, -0.25) is 0 Å². The molecule has 0 aromatic carbocycles. The van der Waals surface area contributed by atoms with Gasteiger partial charge in [-0.15, -0.1) is 0 Å². The van der Waals surface area contributed by atoms with Crippen LogP contribution >= 0.6 is 11.8 Å². The quantitative estimate of drug-likeness (QED) is 0.803. The molecular weight excluding hydrogens is 214 g/mol. The highest BCUT2D eigenvalue weighted by molar-refractivity contribution is 7.99. The molecule has 0 aliphatic heterocycles. The lowest BCUT2D eigenvalue weighted by atomic mass is 9.92. The molecule has 0 aromatic rings. The third-order valence-corrected chi connectivity index (χ3v) is 5.76. The predicted molar refractivity (Wildman–Crippen MR) is 74.1 cm³/mol. The third-order valence-electron chi connectivity index (χ3n) is 4.59. The summed E-state index contributed by atoms with van der Waals surface area (Å²) in [5, 5.41) is 4.81. The van der Waals surface area contributed by atoms with Crippen LogP contribution in [0.5, 0.6) is 0 Å². The molecular formula is C14H27NS. The van der Waals surface area contributed by atoms with E-state index < -0.39 is 0 Å². The van der Waals surface area contributed by atoms with Crippen LogP contribution in [0.2, 0.25) is 0 Å². The molecule has 1 N–H and O–H groups in total. The van der Waals surface area contributed by atoms with E-state index in [2.05, 4.69) is 30.3 Å². The van der Waals surface area contributed by atoms with Crippen LogP contribution in [0.15, 0.2) is 0 Å². The second-order valence-electron chi connectivity index (χ2n) is 5.66. The summed E-state index contributed by atoms with van der Waals surface area (Å²) in [6.07, 6.45) is 13.9. The van der Waals surface area contributed by atoms with E-state index in [1.54, 1.807) is 0 Å². The van der Waals surface area contributed by atoms with E-state index >= 15 is 0 Å². The topological polar surface area (TPSA) is 12.0 Å². The summed E-state index contributed by atoms with van der Waals surface area (Å²) in [5.41, 5.74) is 0. The molecule has 94 valence electrons. The summed E-state index contributed by atoms with van der Waals surface area (Å²) in [4.78, 5) is 0. The molecule has 0 aromatic heterocycles. The minimum atomic E-state index is 0.750. The van der Waals surface area contributed by atoms with Gasteiger partial charge in [-0.1, -0.05) is 25.7 Å². The van der Waals surface area contributed by atoms with Gasteiger partial charge >= 0.3 is 0 Å². The number of thioether (sulfide) groups is 1. The Labute approximate surface area is 105 Å². The van der Waals surface area contributed by atoms with Gasteiger partial charge in [-0.05, 0) is 44.8 Å². The van der Waals surface area contributed by atoms with Crippen molar-refractivity contribution in [2.24, 2.45) is 5.92 Å². The molecule has 0 radical (unpaired) electrons. The highest BCUT2D eigenvalue weighted by atomic mass is 32.2. The van der Waals surface area contributed by atoms with Crippen molar-refractivity contribution in [3.63, 3.8) is 0 Å². The molecule has 2 fully saturated rings. The lowest BCUT2D eigenvalue weighted by Crippen LogP contribution is -2.47. The zero-order valence-electron chi connectivity index (χ0n) is 10.9. The molecule has 0 bridgehead atoms. The first kappa shape index (κ1) is 12.8. The molecule has 2 aliphatic rings. The summed E-state index contributed by atoms with van der Waals surface area (Å²) in [6.45, 7) is 2.42. The highest BCUT2D eigenvalue weighted by Gasteiger charge is 2.28. The fourth-order valence-electron chi connectivity index (χ4n) is 3.50. The maximum atomic E-state index is 3.94. The molecule has 3 unspecified atom stereocenters. The van der Waals surface area contributed by atoms with E-state index in [0.29, 0.717) is 0 Å². The van der Waals surface area contributed by atoms with Gasteiger partial charge in [0.05, 0.1) is 0 Å². The Morgan fingerprint density at radius 3 is 2.31 bits per heavy atom. The molecule has 0 spiro atoms. The Morgan fingerprint density at radius 2 is 1.62 bits per heavy atom. The zero-order chi connectivity index (χ0) is 11.4. The molecule has 1 nitrogen and oxygen atoms in total. The summed E-state index contributed by atoms with van der Waals surface area (Å²) in [7, 11) is 0. The van der Waals surface area contributed by atoms with Gasteiger partial charge in [-0.25, -0.2) is 0 Å². The first-order chi connectivity index (χ1) is 7.81. The second kappa shape index (κ2) is 6.30. The van der Waals surface area contributed by atoms with Crippen molar-refractivity contribution in [3.05, 3.63) is 0 Å². The molecule has 16 heavy (non-hydrogen) atoms. The van der Waals surface area contributed by atoms with Crippen LogP contribution in [0.3, 0.4) is 0 Å². The SMILES string of the molecule is CSC1CCCCC1NC(C)C1CCCC1. The van der Waals surface area contributed by atoms with Crippen molar-refractivity contribution < 1.29 is 0 Å². The van der Waals surface area contributed by atoms with Crippen molar-refractivity contribution in [2.45, 2.75) is 75.6 Å². The maximum absolute atomic E-state index is 3.94. The molecule has 2 rings (SSSR count). The molecule has 0 saturated heterocycles. The smallest absolute Gasteiger partial charge is 0.0198 e. The molecule has 2 aliphatic carbocycles. The number of hydrogen-bond donors (Lipinski definition) is 1. The Balaban J connectivity index is 1.81. The van der Waals surface area contributed by atoms with Gasteiger partial charge in [-0.2, -0.15) is 11.8 Å². The lowest BCUT2D eigenvalue weighted by molar-refractivity contribution is 0.299. The highest BCUT2D eigenvalue weighted by Crippen LogP contribution is 2.31. The van der Waals surface area contributed by atoms with Crippen LogP contribution in [-0.2, 0) is 0 Å². The van der Waals surface area contributed by atoms with Crippen LogP contribution in [0.25, 0.3) is 0 Å². The van der Waals surface area contributed by atoms with Gasteiger partial charge in [0.1, 0.15) is 0 Å². The number of hydrogen-bond acceptors (Lipinski definition) is 2. The molecule has 2 heteroatoms. The van der Waals surface area contributed by atoms with Crippen molar-refractivity contribution >= 4 is 11.8 Å². The zero-order valence-corrected chi connectivity index (χ0v) is 11.7.